The molecule has 0 unspecified atom stereocenters. The van der Waals surface area contributed by atoms with Gasteiger partial charge in [0, 0.05) is 40.5 Å². The van der Waals surface area contributed by atoms with Crippen molar-refractivity contribution in [2.45, 2.75) is 59.0 Å². The molecule has 10 heteroatoms. The second kappa shape index (κ2) is 13.2. The molecular formula is C28H30BrNO8. The van der Waals surface area contributed by atoms with E-state index in [1.165, 1.54) is 7.11 Å². The Morgan fingerprint density at radius 3 is 2.47 bits per heavy atom. The number of benzene rings is 2. The second-order valence-corrected chi connectivity index (χ2v) is 9.84. The van der Waals surface area contributed by atoms with E-state index in [1.54, 1.807) is 19.1 Å². The van der Waals surface area contributed by atoms with Crippen LogP contribution in [0, 0.1) is 6.92 Å². The number of carbonyl (C=O) groups is 4. The van der Waals surface area contributed by atoms with E-state index in [4.69, 9.17) is 19.3 Å². The SMILES string of the molecule is COc1c(C)c2c(c(OC(=O)CCCC(=O)Nc3ccc(Br)cc3)c1C/C=C(\C)CCC(=O)O)C(=O)OC2. The van der Waals surface area contributed by atoms with E-state index in [-0.39, 0.29) is 55.9 Å². The molecule has 0 bridgehead atoms. The number of hydrogen-bond acceptors (Lipinski definition) is 7. The molecule has 2 aromatic rings. The van der Waals surface area contributed by atoms with Crippen molar-refractivity contribution >= 4 is 45.4 Å². The molecule has 0 fully saturated rings. The van der Waals surface area contributed by atoms with Gasteiger partial charge in [0.25, 0.3) is 0 Å². The molecule has 0 radical (unpaired) electrons. The number of anilines is 1. The highest BCUT2D eigenvalue weighted by atomic mass is 79.9. The third-order valence-electron chi connectivity index (χ3n) is 6.14. The minimum absolute atomic E-state index is 0.00769. The van der Waals surface area contributed by atoms with E-state index >= 15 is 0 Å². The zero-order chi connectivity index (χ0) is 27.8. The number of halogens is 1. The number of carboxylic acid groups (broad SMARTS) is 1. The van der Waals surface area contributed by atoms with Gasteiger partial charge in [-0.2, -0.15) is 0 Å². The third-order valence-corrected chi connectivity index (χ3v) is 6.67. The van der Waals surface area contributed by atoms with Crippen LogP contribution in [0.5, 0.6) is 11.5 Å². The van der Waals surface area contributed by atoms with Gasteiger partial charge in [0.05, 0.1) is 7.11 Å². The normalized spacial score (nSPS) is 12.5. The zero-order valence-electron chi connectivity index (χ0n) is 21.5. The first kappa shape index (κ1) is 28.9. The van der Waals surface area contributed by atoms with Gasteiger partial charge in [-0.1, -0.05) is 27.6 Å². The summed E-state index contributed by atoms with van der Waals surface area (Å²) in [7, 11) is 1.49. The lowest BCUT2D eigenvalue weighted by molar-refractivity contribution is -0.137. The van der Waals surface area contributed by atoms with Crippen molar-refractivity contribution in [2.24, 2.45) is 0 Å². The molecule has 3 rings (SSSR count). The molecule has 0 saturated heterocycles. The van der Waals surface area contributed by atoms with E-state index in [1.807, 2.05) is 25.1 Å². The minimum atomic E-state index is -0.897. The molecule has 1 amide bonds. The summed E-state index contributed by atoms with van der Waals surface area (Å²) in [5, 5.41) is 11.7. The first-order chi connectivity index (χ1) is 18.1. The molecule has 1 heterocycles. The largest absolute Gasteiger partial charge is 0.496 e. The molecule has 2 aromatic carbocycles. The Kier molecular flexibility index (Phi) is 10.1. The summed E-state index contributed by atoms with van der Waals surface area (Å²) in [6, 6.07) is 7.15. The quantitative estimate of drug-likeness (QED) is 0.189. The van der Waals surface area contributed by atoms with Crippen LogP contribution in [0.15, 0.2) is 40.4 Å². The van der Waals surface area contributed by atoms with Crippen molar-refractivity contribution in [1.29, 1.82) is 0 Å². The Balaban J connectivity index is 1.75. The number of fused-ring (bicyclic) bond motifs is 1. The van der Waals surface area contributed by atoms with E-state index in [2.05, 4.69) is 21.2 Å². The fourth-order valence-electron chi connectivity index (χ4n) is 4.12. The molecule has 0 saturated carbocycles. The standard InChI is InChI=1S/C28H30BrNO8/c1-16(8-14-23(32)33)7-13-20-26(36-3)17(2)21-15-37-28(35)25(21)27(20)38-24(34)6-4-5-22(31)30-19-11-9-18(29)10-12-19/h7,9-12H,4-6,8,13-15H2,1-3H3,(H,30,31)(H,32,33)/b16-7+. The van der Waals surface area contributed by atoms with Crippen molar-refractivity contribution in [3.05, 3.63) is 62.6 Å². The number of methoxy groups -OCH3 is 1. The van der Waals surface area contributed by atoms with Gasteiger partial charge in [-0.05, 0) is 62.9 Å². The van der Waals surface area contributed by atoms with E-state index < -0.39 is 17.9 Å². The highest BCUT2D eigenvalue weighted by Crippen LogP contribution is 2.43. The maximum atomic E-state index is 12.8. The molecule has 2 N–H and O–H groups in total. The Morgan fingerprint density at radius 1 is 1.11 bits per heavy atom. The molecule has 0 aliphatic carbocycles. The highest BCUT2D eigenvalue weighted by Gasteiger charge is 2.34. The average molecular weight is 588 g/mol. The lowest BCUT2D eigenvalue weighted by Crippen LogP contribution is -2.16. The summed E-state index contributed by atoms with van der Waals surface area (Å²) in [6.45, 7) is 3.67. The molecule has 9 nitrogen and oxygen atoms in total. The number of aliphatic carboxylic acids is 1. The van der Waals surface area contributed by atoms with E-state index in [9.17, 15) is 19.2 Å². The van der Waals surface area contributed by atoms with Gasteiger partial charge in [-0.3, -0.25) is 14.4 Å². The predicted octanol–water partition coefficient (Wildman–Crippen LogP) is 5.50. The Morgan fingerprint density at radius 2 is 1.82 bits per heavy atom. The molecule has 0 spiro atoms. The van der Waals surface area contributed by atoms with Crippen LogP contribution in [0.25, 0.3) is 0 Å². The van der Waals surface area contributed by atoms with E-state index in [0.717, 1.165) is 10.0 Å². The van der Waals surface area contributed by atoms with Crippen molar-refractivity contribution in [1.82, 2.24) is 0 Å². The fraction of sp³-hybridized carbons (Fsp3) is 0.357. The van der Waals surface area contributed by atoms with Gasteiger partial charge in [0.15, 0.2) is 5.75 Å². The molecule has 0 atom stereocenters. The number of carbonyl (C=O) groups excluding carboxylic acids is 3. The summed E-state index contributed by atoms with van der Waals surface area (Å²) in [5.74, 6) is -1.76. The van der Waals surface area contributed by atoms with Crippen LogP contribution in [-0.4, -0.2) is 36.0 Å². The highest BCUT2D eigenvalue weighted by molar-refractivity contribution is 9.10. The van der Waals surface area contributed by atoms with Gasteiger partial charge in [0.1, 0.15) is 17.9 Å². The van der Waals surface area contributed by atoms with Crippen LogP contribution < -0.4 is 14.8 Å². The van der Waals surface area contributed by atoms with Crippen LogP contribution in [0.1, 0.15) is 66.1 Å². The number of allylic oxidation sites excluding steroid dienone is 2. The first-order valence-corrected chi connectivity index (χ1v) is 12.9. The van der Waals surface area contributed by atoms with Crippen LogP contribution in [0.2, 0.25) is 0 Å². The van der Waals surface area contributed by atoms with Gasteiger partial charge in [-0.15, -0.1) is 0 Å². The number of carboxylic acids is 1. The van der Waals surface area contributed by atoms with Gasteiger partial charge in [-0.25, -0.2) is 4.79 Å². The molecular weight excluding hydrogens is 558 g/mol. The number of esters is 2. The van der Waals surface area contributed by atoms with Crippen LogP contribution >= 0.6 is 15.9 Å². The van der Waals surface area contributed by atoms with Crippen LogP contribution in [-0.2, 0) is 32.1 Å². The lowest BCUT2D eigenvalue weighted by Gasteiger charge is -2.19. The summed E-state index contributed by atoms with van der Waals surface area (Å²) in [4.78, 5) is 48.6. The molecule has 202 valence electrons. The Bertz CT molecular complexity index is 1270. The smallest absolute Gasteiger partial charge is 0.342 e. The number of amides is 1. The van der Waals surface area contributed by atoms with Crippen LogP contribution in [0.4, 0.5) is 5.69 Å². The van der Waals surface area contributed by atoms with Crippen molar-refractivity contribution in [2.75, 3.05) is 12.4 Å². The van der Waals surface area contributed by atoms with Crippen molar-refractivity contribution < 1.29 is 38.5 Å². The maximum Gasteiger partial charge on any atom is 0.342 e. The third kappa shape index (κ3) is 7.44. The van der Waals surface area contributed by atoms with Gasteiger partial charge < -0.3 is 24.6 Å². The summed E-state index contributed by atoms with van der Waals surface area (Å²) in [5.41, 5.74) is 3.49. The number of rotatable bonds is 12. The molecule has 1 aliphatic heterocycles. The first-order valence-electron chi connectivity index (χ1n) is 12.1. The number of hydrogen-bond donors (Lipinski definition) is 2. The van der Waals surface area contributed by atoms with Gasteiger partial charge >= 0.3 is 17.9 Å². The summed E-state index contributed by atoms with van der Waals surface area (Å²) in [6.07, 6.45) is 2.76. The second-order valence-electron chi connectivity index (χ2n) is 8.93. The number of ether oxygens (including phenoxy) is 3. The van der Waals surface area contributed by atoms with Crippen molar-refractivity contribution in [3.8, 4) is 11.5 Å². The molecule has 38 heavy (non-hydrogen) atoms. The molecule has 0 aromatic heterocycles. The Hall–Kier alpha value is -3.66. The number of nitrogens with one attached hydrogen (secondary N) is 1. The van der Waals surface area contributed by atoms with Crippen LogP contribution in [0.3, 0.4) is 0 Å². The van der Waals surface area contributed by atoms with Crippen molar-refractivity contribution in [3.63, 3.8) is 0 Å². The average Bonchev–Trinajstić information content (AvgIpc) is 3.26. The predicted molar refractivity (Wildman–Crippen MR) is 143 cm³/mol. The molecule has 1 aliphatic rings. The number of cyclic esters (lactones) is 1. The van der Waals surface area contributed by atoms with Gasteiger partial charge in [0.2, 0.25) is 5.91 Å². The Labute approximate surface area is 229 Å². The lowest BCUT2D eigenvalue weighted by atomic mass is 9.94. The maximum absolute atomic E-state index is 12.8. The fourth-order valence-corrected chi connectivity index (χ4v) is 4.38. The summed E-state index contributed by atoms with van der Waals surface area (Å²) < 4.78 is 17.5. The minimum Gasteiger partial charge on any atom is -0.496 e. The van der Waals surface area contributed by atoms with E-state index in [0.29, 0.717) is 34.5 Å². The monoisotopic (exact) mass is 587 g/mol. The summed E-state index contributed by atoms with van der Waals surface area (Å²) >= 11 is 3.34. The topological polar surface area (TPSA) is 128 Å². The zero-order valence-corrected chi connectivity index (χ0v) is 23.1.